The van der Waals surface area contributed by atoms with Crippen molar-refractivity contribution in [2.45, 2.75) is 27.0 Å². The van der Waals surface area contributed by atoms with Crippen LogP contribution in [0.1, 0.15) is 33.1 Å². The molecule has 8 heteroatoms. The van der Waals surface area contributed by atoms with E-state index in [1.165, 1.54) is 0 Å². The van der Waals surface area contributed by atoms with E-state index in [-0.39, 0.29) is 18.2 Å². The summed E-state index contributed by atoms with van der Waals surface area (Å²) < 4.78 is 12.6. The maximum atomic E-state index is 12.5. The van der Waals surface area contributed by atoms with E-state index in [1.54, 1.807) is 42.1 Å². The molecule has 0 spiro atoms. The predicted molar refractivity (Wildman–Crippen MR) is 96.1 cm³/mol. The standard InChI is InChI=1S/C18H19ClN4O3/c1-11-13(9-21-23(11)3)8-20-18(24)17-16(12(2)26-22-17)10-25-15-6-4-14(19)5-7-15/h4-7,9H,8,10H2,1-3H3,(H,20,24). The fourth-order valence-electron chi connectivity index (χ4n) is 2.40. The van der Waals surface area contributed by atoms with Crippen LogP contribution in [0.3, 0.4) is 0 Å². The van der Waals surface area contributed by atoms with Crippen molar-refractivity contribution < 1.29 is 14.1 Å². The Labute approximate surface area is 155 Å². The van der Waals surface area contributed by atoms with Gasteiger partial charge < -0.3 is 14.6 Å². The van der Waals surface area contributed by atoms with Crippen LogP contribution in [0.4, 0.5) is 0 Å². The van der Waals surface area contributed by atoms with Crippen molar-refractivity contribution in [3.8, 4) is 5.75 Å². The van der Waals surface area contributed by atoms with Gasteiger partial charge in [-0.2, -0.15) is 5.10 Å². The summed E-state index contributed by atoms with van der Waals surface area (Å²) in [5.41, 5.74) is 2.77. The normalized spacial score (nSPS) is 10.8. The van der Waals surface area contributed by atoms with E-state index < -0.39 is 0 Å². The van der Waals surface area contributed by atoms with E-state index in [1.807, 2.05) is 14.0 Å². The minimum absolute atomic E-state index is 0.172. The molecule has 2 heterocycles. The Morgan fingerprint density at radius 3 is 2.69 bits per heavy atom. The number of hydrogen-bond acceptors (Lipinski definition) is 5. The third-order valence-electron chi connectivity index (χ3n) is 4.17. The van der Waals surface area contributed by atoms with E-state index >= 15 is 0 Å². The summed E-state index contributed by atoms with van der Waals surface area (Å²) in [6.07, 6.45) is 1.73. The first-order valence-corrected chi connectivity index (χ1v) is 8.42. The first-order valence-electron chi connectivity index (χ1n) is 8.05. The summed E-state index contributed by atoms with van der Waals surface area (Å²) in [5.74, 6) is 0.869. The highest BCUT2D eigenvalue weighted by Gasteiger charge is 2.20. The summed E-state index contributed by atoms with van der Waals surface area (Å²) >= 11 is 5.86. The molecule has 0 bridgehead atoms. The Morgan fingerprint density at radius 1 is 1.31 bits per heavy atom. The second kappa shape index (κ2) is 7.61. The highest BCUT2D eigenvalue weighted by atomic mass is 35.5. The van der Waals surface area contributed by atoms with E-state index in [2.05, 4.69) is 15.6 Å². The van der Waals surface area contributed by atoms with Gasteiger partial charge in [-0.25, -0.2) is 0 Å². The molecule has 0 fully saturated rings. The Kier molecular flexibility index (Phi) is 5.27. The SMILES string of the molecule is Cc1onc(C(=O)NCc2cnn(C)c2C)c1COc1ccc(Cl)cc1. The van der Waals surface area contributed by atoms with E-state index in [9.17, 15) is 4.79 Å². The van der Waals surface area contributed by atoms with Gasteiger partial charge in [0.1, 0.15) is 18.1 Å². The number of carbonyl (C=O) groups is 1. The number of halogens is 1. The number of aromatic nitrogens is 3. The Balaban J connectivity index is 1.67. The number of ether oxygens (including phenoxy) is 1. The van der Waals surface area contributed by atoms with Crippen LogP contribution in [0.25, 0.3) is 0 Å². The smallest absolute Gasteiger partial charge is 0.274 e. The van der Waals surface area contributed by atoms with Crippen molar-refractivity contribution in [3.05, 3.63) is 63.8 Å². The van der Waals surface area contributed by atoms with Gasteiger partial charge in [0.15, 0.2) is 5.69 Å². The molecule has 0 aliphatic carbocycles. The van der Waals surface area contributed by atoms with Crippen LogP contribution in [0, 0.1) is 13.8 Å². The predicted octanol–water partition coefficient (Wildman–Crippen LogP) is 3.19. The van der Waals surface area contributed by atoms with Crippen molar-refractivity contribution in [2.75, 3.05) is 0 Å². The minimum Gasteiger partial charge on any atom is -0.489 e. The molecule has 3 aromatic rings. The third kappa shape index (κ3) is 3.88. The molecule has 26 heavy (non-hydrogen) atoms. The molecule has 0 aliphatic rings. The molecule has 0 atom stereocenters. The largest absolute Gasteiger partial charge is 0.489 e. The molecule has 2 aromatic heterocycles. The molecule has 1 amide bonds. The van der Waals surface area contributed by atoms with Crippen LogP contribution >= 0.6 is 11.6 Å². The summed E-state index contributed by atoms with van der Waals surface area (Å²) in [5, 5.41) is 11.5. The molecule has 1 aromatic carbocycles. The summed E-state index contributed by atoms with van der Waals surface area (Å²) in [4.78, 5) is 12.5. The topological polar surface area (TPSA) is 82.2 Å². The van der Waals surface area contributed by atoms with Crippen molar-refractivity contribution >= 4 is 17.5 Å². The molecule has 0 unspecified atom stereocenters. The van der Waals surface area contributed by atoms with Crippen LogP contribution in [0.2, 0.25) is 5.02 Å². The van der Waals surface area contributed by atoms with Gasteiger partial charge in [0.2, 0.25) is 0 Å². The molecular formula is C18H19ClN4O3. The zero-order valence-electron chi connectivity index (χ0n) is 14.7. The lowest BCUT2D eigenvalue weighted by molar-refractivity contribution is 0.0939. The molecule has 7 nitrogen and oxygen atoms in total. The summed E-state index contributed by atoms with van der Waals surface area (Å²) in [6, 6.07) is 6.99. The zero-order valence-corrected chi connectivity index (χ0v) is 15.5. The molecule has 0 radical (unpaired) electrons. The average Bonchev–Trinajstić information content (AvgIpc) is 3.15. The van der Waals surface area contributed by atoms with Gasteiger partial charge >= 0.3 is 0 Å². The maximum absolute atomic E-state index is 12.5. The lowest BCUT2D eigenvalue weighted by Gasteiger charge is -2.07. The van der Waals surface area contributed by atoms with Gasteiger partial charge in [-0.05, 0) is 38.1 Å². The van der Waals surface area contributed by atoms with Crippen LogP contribution in [0.5, 0.6) is 5.75 Å². The van der Waals surface area contributed by atoms with Crippen molar-refractivity contribution in [2.24, 2.45) is 7.05 Å². The minimum atomic E-state index is -0.320. The Hall–Kier alpha value is -2.80. The second-order valence-corrected chi connectivity index (χ2v) is 6.31. The number of nitrogens with one attached hydrogen (secondary N) is 1. The number of rotatable bonds is 6. The van der Waals surface area contributed by atoms with Gasteiger partial charge in [-0.15, -0.1) is 0 Å². The van der Waals surface area contributed by atoms with Crippen molar-refractivity contribution in [3.63, 3.8) is 0 Å². The molecule has 0 aliphatic heterocycles. The van der Waals surface area contributed by atoms with Crippen LogP contribution in [-0.4, -0.2) is 20.8 Å². The zero-order chi connectivity index (χ0) is 18.7. The third-order valence-corrected chi connectivity index (χ3v) is 4.42. The number of hydrogen-bond donors (Lipinski definition) is 1. The van der Waals surface area contributed by atoms with Crippen molar-refractivity contribution in [1.82, 2.24) is 20.3 Å². The number of nitrogens with zero attached hydrogens (tertiary/aromatic N) is 3. The Bertz CT molecular complexity index is 915. The average molecular weight is 375 g/mol. The highest BCUT2D eigenvalue weighted by molar-refractivity contribution is 6.30. The number of benzene rings is 1. The van der Waals surface area contributed by atoms with Crippen molar-refractivity contribution in [1.29, 1.82) is 0 Å². The summed E-state index contributed by atoms with van der Waals surface area (Å²) in [6.45, 7) is 4.23. The van der Waals surface area contributed by atoms with Gasteiger partial charge in [-0.1, -0.05) is 16.8 Å². The van der Waals surface area contributed by atoms with Crippen LogP contribution in [0.15, 0.2) is 35.0 Å². The van der Waals surface area contributed by atoms with Gasteiger partial charge in [0.25, 0.3) is 5.91 Å². The molecular weight excluding hydrogens is 356 g/mol. The monoisotopic (exact) mass is 374 g/mol. The van der Waals surface area contributed by atoms with Gasteiger partial charge in [-0.3, -0.25) is 9.48 Å². The maximum Gasteiger partial charge on any atom is 0.274 e. The lowest BCUT2D eigenvalue weighted by atomic mass is 10.2. The van der Waals surface area contributed by atoms with E-state index in [4.69, 9.17) is 20.9 Å². The first kappa shape index (κ1) is 18.0. The number of carbonyl (C=O) groups excluding carboxylic acids is 1. The second-order valence-electron chi connectivity index (χ2n) is 5.87. The molecule has 1 N–H and O–H groups in total. The highest BCUT2D eigenvalue weighted by Crippen LogP contribution is 2.20. The summed E-state index contributed by atoms with van der Waals surface area (Å²) in [7, 11) is 1.86. The fraction of sp³-hybridized carbons (Fsp3) is 0.278. The van der Waals surface area contributed by atoms with Gasteiger partial charge in [0.05, 0.1) is 11.8 Å². The molecule has 0 saturated carbocycles. The van der Waals surface area contributed by atoms with E-state index in [0.717, 1.165) is 11.3 Å². The van der Waals surface area contributed by atoms with Crippen LogP contribution < -0.4 is 10.1 Å². The first-order chi connectivity index (χ1) is 12.5. The molecule has 3 rings (SSSR count). The fourth-order valence-corrected chi connectivity index (χ4v) is 2.53. The lowest BCUT2D eigenvalue weighted by Crippen LogP contribution is -2.24. The quantitative estimate of drug-likeness (QED) is 0.716. The molecule has 0 saturated heterocycles. The number of amides is 1. The number of aryl methyl sites for hydroxylation is 2. The van der Waals surface area contributed by atoms with Crippen LogP contribution in [-0.2, 0) is 20.2 Å². The Morgan fingerprint density at radius 2 is 2.04 bits per heavy atom. The van der Waals surface area contributed by atoms with E-state index in [0.29, 0.717) is 28.6 Å². The molecule has 136 valence electrons. The van der Waals surface area contributed by atoms with Gasteiger partial charge in [0, 0.05) is 29.9 Å².